The molecule has 0 aromatic heterocycles. The lowest BCUT2D eigenvalue weighted by Gasteiger charge is -2.29. The average Bonchev–Trinajstić information content (AvgIpc) is 2.76. The number of nitrogens with one attached hydrogen (secondary N) is 1. The van der Waals surface area contributed by atoms with E-state index in [1.165, 1.54) is 22.3 Å². The van der Waals surface area contributed by atoms with Crippen LogP contribution in [0.25, 0.3) is 0 Å². The van der Waals surface area contributed by atoms with Gasteiger partial charge in [0.2, 0.25) is 21.8 Å². The number of carbonyl (C=O) groups is 2. The molecular formula is C24H32FN3O4S. The smallest absolute Gasteiger partial charge is 0.242 e. The summed E-state index contributed by atoms with van der Waals surface area (Å²) in [6.07, 6.45) is 1.38. The summed E-state index contributed by atoms with van der Waals surface area (Å²) in [6.45, 7) is 5.47. The van der Waals surface area contributed by atoms with Crippen molar-refractivity contribution < 1.29 is 22.4 Å². The second kappa shape index (κ2) is 11.3. The standard InChI is InChI=1S/C24H32FN3O4S/c1-17-12-13-21(15-18(17)2)28(33(5,31)32)14-8-11-23(29)27(19(3)24(30)26-4)16-20-9-6-7-10-22(20)25/h6-7,9-10,12-13,15,19H,8,11,14,16H2,1-5H3,(H,26,30)/t19-/m1/s1. The van der Waals surface area contributed by atoms with Crippen molar-refractivity contribution in [3.05, 3.63) is 65.0 Å². The summed E-state index contributed by atoms with van der Waals surface area (Å²) in [5, 5.41) is 2.51. The number of benzene rings is 2. The number of nitrogens with zero attached hydrogens (tertiary/aromatic N) is 2. The van der Waals surface area contributed by atoms with E-state index in [-0.39, 0.29) is 37.7 Å². The lowest BCUT2D eigenvalue weighted by molar-refractivity contribution is -0.140. The van der Waals surface area contributed by atoms with Crippen LogP contribution >= 0.6 is 0 Å². The fraction of sp³-hybridized carbons (Fsp3) is 0.417. The van der Waals surface area contributed by atoms with Crippen molar-refractivity contribution in [3.63, 3.8) is 0 Å². The topological polar surface area (TPSA) is 86.8 Å². The van der Waals surface area contributed by atoms with Crippen molar-refractivity contribution in [2.24, 2.45) is 0 Å². The van der Waals surface area contributed by atoms with Gasteiger partial charge in [-0.1, -0.05) is 24.3 Å². The molecule has 0 radical (unpaired) electrons. The quantitative estimate of drug-likeness (QED) is 0.570. The van der Waals surface area contributed by atoms with Crippen molar-refractivity contribution >= 4 is 27.5 Å². The Bertz CT molecular complexity index is 1100. The molecule has 0 aliphatic rings. The summed E-state index contributed by atoms with van der Waals surface area (Å²) < 4.78 is 40.2. The molecule has 1 N–H and O–H groups in total. The van der Waals surface area contributed by atoms with Crippen LogP contribution in [0.1, 0.15) is 36.5 Å². The van der Waals surface area contributed by atoms with Crippen molar-refractivity contribution in [2.45, 2.75) is 46.2 Å². The molecule has 0 fully saturated rings. The van der Waals surface area contributed by atoms with Crippen LogP contribution in [0, 0.1) is 19.7 Å². The first-order chi connectivity index (χ1) is 15.5. The third-order valence-electron chi connectivity index (χ3n) is 5.64. The number of amides is 2. The Morgan fingerprint density at radius 3 is 2.33 bits per heavy atom. The normalized spacial score (nSPS) is 12.2. The number of anilines is 1. The molecule has 2 rings (SSSR count). The van der Waals surface area contributed by atoms with Crippen LogP contribution in [0.4, 0.5) is 10.1 Å². The minimum Gasteiger partial charge on any atom is -0.357 e. The number of likely N-dealkylation sites (N-methyl/N-ethyl adjacent to an activating group) is 1. The summed E-state index contributed by atoms with van der Waals surface area (Å²) >= 11 is 0. The molecule has 0 saturated carbocycles. The maximum absolute atomic E-state index is 14.2. The predicted octanol–water partition coefficient (Wildman–Crippen LogP) is 3.15. The van der Waals surface area contributed by atoms with E-state index in [9.17, 15) is 22.4 Å². The Kier molecular flexibility index (Phi) is 8.99. The number of rotatable bonds is 10. The van der Waals surface area contributed by atoms with Crippen molar-refractivity contribution in [3.8, 4) is 0 Å². The molecule has 7 nitrogen and oxygen atoms in total. The summed E-state index contributed by atoms with van der Waals surface area (Å²) in [6, 6.07) is 10.7. The summed E-state index contributed by atoms with van der Waals surface area (Å²) in [7, 11) is -2.09. The Balaban J connectivity index is 2.17. The van der Waals surface area contributed by atoms with Gasteiger partial charge >= 0.3 is 0 Å². The van der Waals surface area contributed by atoms with Gasteiger partial charge in [0.15, 0.2) is 0 Å². The minimum absolute atomic E-state index is 0.00660. The zero-order valence-corrected chi connectivity index (χ0v) is 20.6. The highest BCUT2D eigenvalue weighted by atomic mass is 32.2. The molecule has 0 unspecified atom stereocenters. The maximum Gasteiger partial charge on any atom is 0.242 e. The van der Waals surface area contributed by atoms with Crippen LogP contribution in [0.2, 0.25) is 0 Å². The molecule has 0 bridgehead atoms. The van der Waals surface area contributed by atoms with E-state index in [4.69, 9.17) is 0 Å². The van der Waals surface area contributed by atoms with Gasteiger partial charge in [0, 0.05) is 32.1 Å². The van der Waals surface area contributed by atoms with E-state index in [1.807, 2.05) is 19.9 Å². The Morgan fingerprint density at radius 1 is 1.09 bits per heavy atom. The molecule has 33 heavy (non-hydrogen) atoms. The molecule has 1 atom stereocenters. The van der Waals surface area contributed by atoms with Crippen LogP contribution in [-0.4, -0.2) is 51.0 Å². The fourth-order valence-electron chi connectivity index (χ4n) is 3.49. The molecule has 2 aromatic carbocycles. The molecule has 0 heterocycles. The highest BCUT2D eigenvalue weighted by molar-refractivity contribution is 7.92. The van der Waals surface area contributed by atoms with Gasteiger partial charge in [0.25, 0.3) is 0 Å². The van der Waals surface area contributed by atoms with Gasteiger partial charge in [-0.15, -0.1) is 0 Å². The molecule has 0 aliphatic carbocycles. The van der Waals surface area contributed by atoms with E-state index < -0.39 is 21.9 Å². The van der Waals surface area contributed by atoms with Gasteiger partial charge in [-0.25, -0.2) is 12.8 Å². The van der Waals surface area contributed by atoms with Crippen molar-refractivity contribution in [2.75, 3.05) is 24.2 Å². The number of hydrogen-bond acceptors (Lipinski definition) is 4. The van der Waals surface area contributed by atoms with E-state index in [2.05, 4.69) is 5.32 Å². The van der Waals surface area contributed by atoms with Crippen LogP contribution in [0.5, 0.6) is 0 Å². The molecule has 180 valence electrons. The maximum atomic E-state index is 14.2. The van der Waals surface area contributed by atoms with Gasteiger partial charge in [0.1, 0.15) is 11.9 Å². The van der Waals surface area contributed by atoms with Gasteiger partial charge in [0.05, 0.1) is 11.9 Å². The average molecular weight is 478 g/mol. The molecular weight excluding hydrogens is 445 g/mol. The van der Waals surface area contributed by atoms with Crippen LogP contribution in [0.3, 0.4) is 0 Å². The van der Waals surface area contributed by atoms with Crippen LogP contribution < -0.4 is 9.62 Å². The van der Waals surface area contributed by atoms with E-state index >= 15 is 0 Å². The largest absolute Gasteiger partial charge is 0.357 e. The molecule has 2 amide bonds. The zero-order chi connectivity index (χ0) is 24.8. The number of aryl methyl sites for hydroxylation is 2. The van der Waals surface area contributed by atoms with Crippen molar-refractivity contribution in [1.82, 2.24) is 10.2 Å². The van der Waals surface area contributed by atoms with Crippen molar-refractivity contribution in [1.29, 1.82) is 0 Å². The fourth-order valence-corrected chi connectivity index (χ4v) is 4.44. The monoisotopic (exact) mass is 477 g/mol. The lowest BCUT2D eigenvalue weighted by Crippen LogP contribution is -2.47. The van der Waals surface area contributed by atoms with E-state index in [1.54, 1.807) is 37.3 Å². The van der Waals surface area contributed by atoms with Crippen LogP contribution in [-0.2, 0) is 26.2 Å². The summed E-state index contributed by atoms with van der Waals surface area (Å²) in [5.74, 6) is -1.19. The third kappa shape index (κ3) is 7.02. The van der Waals surface area contributed by atoms with E-state index in [0.29, 0.717) is 11.3 Å². The Labute approximate surface area is 195 Å². The second-order valence-electron chi connectivity index (χ2n) is 8.11. The molecule has 0 saturated heterocycles. The first kappa shape index (κ1) is 26.3. The number of halogens is 1. The predicted molar refractivity (Wildman–Crippen MR) is 128 cm³/mol. The minimum atomic E-state index is -3.56. The van der Waals surface area contributed by atoms with Gasteiger partial charge in [-0.05, 0) is 56.5 Å². The number of carbonyl (C=O) groups excluding carboxylic acids is 2. The Morgan fingerprint density at radius 2 is 1.76 bits per heavy atom. The Hall–Kier alpha value is -2.94. The van der Waals surface area contributed by atoms with Gasteiger partial charge < -0.3 is 10.2 Å². The zero-order valence-electron chi connectivity index (χ0n) is 19.8. The first-order valence-electron chi connectivity index (χ1n) is 10.7. The van der Waals surface area contributed by atoms with Gasteiger partial charge in [-0.2, -0.15) is 0 Å². The molecule has 0 aliphatic heterocycles. The third-order valence-corrected chi connectivity index (χ3v) is 6.84. The summed E-state index contributed by atoms with van der Waals surface area (Å²) in [5.41, 5.74) is 2.85. The summed E-state index contributed by atoms with van der Waals surface area (Å²) in [4.78, 5) is 26.6. The highest BCUT2D eigenvalue weighted by Gasteiger charge is 2.26. The lowest BCUT2D eigenvalue weighted by atomic mass is 10.1. The van der Waals surface area contributed by atoms with Crippen LogP contribution in [0.15, 0.2) is 42.5 Å². The number of sulfonamides is 1. The molecule has 0 spiro atoms. The molecule has 2 aromatic rings. The first-order valence-corrected chi connectivity index (χ1v) is 12.6. The van der Waals surface area contributed by atoms with E-state index in [0.717, 1.165) is 17.4 Å². The number of hydrogen-bond donors (Lipinski definition) is 1. The van der Waals surface area contributed by atoms with Gasteiger partial charge in [-0.3, -0.25) is 13.9 Å². The highest BCUT2D eigenvalue weighted by Crippen LogP contribution is 2.22. The SMILES string of the molecule is CNC(=O)[C@@H](C)N(Cc1ccccc1F)C(=O)CCCN(c1ccc(C)c(C)c1)S(C)(=O)=O. The molecule has 9 heteroatoms. The second-order valence-corrected chi connectivity index (χ2v) is 10.0.